The molecular weight excluding hydrogens is 304 g/mol. The number of hydrogen-bond acceptors (Lipinski definition) is 2. The molecule has 0 bridgehead atoms. The first-order valence-corrected chi connectivity index (χ1v) is 9.14. The molecule has 0 saturated carbocycles. The van der Waals surface area contributed by atoms with Gasteiger partial charge in [-0.3, -0.25) is 0 Å². The molecule has 2 nitrogen and oxygen atoms in total. The zero-order valence-electron chi connectivity index (χ0n) is 16.4. The molecule has 0 saturated heterocycles. The normalized spacial score (nSPS) is 14.8. The Labute approximate surface area is 153 Å². The van der Waals surface area contributed by atoms with Crippen LogP contribution in [0.1, 0.15) is 41.5 Å². The lowest BCUT2D eigenvalue weighted by molar-refractivity contribution is 0.401. The average molecular weight is 335 g/mol. The zero-order valence-corrected chi connectivity index (χ0v) is 16.4. The lowest BCUT2D eigenvalue weighted by Gasteiger charge is -2.36. The molecule has 2 heteroatoms. The van der Waals surface area contributed by atoms with Crippen molar-refractivity contribution >= 4 is 11.4 Å². The van der Waals surface area contributed by atoms with Gasteiger partial charge < -0.3 is 9.80 Å². The number of hydrogen-bond donors (Lipinski definition) is 0. The van der Waals surface area contributed by atoms with Crippen molar-refractivity contribution in [1.82, 2.24) is 0 Å². The van der Waals surface area contributed by atoms with E-state index in [0.29, 0.717) is 0 Å². The summed E-state index contributed by atoms with van der Waals surface area (Å²) in [5.41, 5.74) is 5.41. The van der Waals surface area contributed by atoms with Crippen molar-refractivity contribution in [3.05, 3.63) is 55.2 Å². The first-order chi connectivity index (χ1) is 11.6. The maximum Gasteiger partial charge on any atom is 0.208 e. The Hall–Kier alpha value is -1.96. The molecule has 2 aromatic rings. The molecule has 0 aromatic heterocycles. The summed E-state index contributed by atoms with van der Waals surface area (Å²) in [5.74, 6) is 0. The van der Waals surface area contributed by atoms with E-state index < -0.39 is 0 Å². The maximum absolute atomic E-state index is 3.71. The van der Waals surface area contributed by atoms with Crippen molar-refractivity contribution in [2.45, 2.75) is 41.5 Å². The Bertz CT molecular complexity index is 671. The predicted molar refractivity (Wildman–Crippen MR) is 109 cm³/mol. The van der Waals surface area contributed by atoms with Gasteiger partial charge in [-0.05, 0) is 23.0 Å². The SMILES string of the molecule is CC(C)(C)CN1[C]N(CC(C)(C)C)c2ccccc2-c2ccccc21. The quantitative estimate of drug-likeness (QED) is 0.658. The molecule has 2 aromatic carbocycles. The Morgan fingerprint density at radius 2 is 1.00 bits per heavy atom. The van der Waals surface area contributed by atoms with Gasteiger partial charge in [-0.25, -0.2) is 0 Å². The highest BCUT2D eigenvalue weighted by Gasteiger charge is 2.30. The molecule has 3 rings (SSSR count). The summed E-state index contributed by atoms with van der Waals surface area (Å²) >= 11 is 0. The van der Waals surface area contributed by atoms with Crippen molar-refractivity contribution < 1.29 is 0 Å². The number of para-hydroxylation sites is 2. The minimum atomic E-state index is 0.185. The smallest absolute Gasteiger partial charge is 0.208 e. The Balaban J connectivity index is 2.13. The van der Waals surface area contributed by atoms with Crippen LogP contribution in [0.5, 0.6) is 0 Å². The standard InChI is InChI=1S/C23H30N2/c1-22(2,3)15-24-17-25(16-23(4,5)6)21-14-10-8-12-19(21)18-11-7-9-13-20(18)24/h7-14H,15-16H2,1-6H3. The molecular formula is C23H30N2. The van der Waals surface area contributed by atoms with E-state index in [1.54, 1.807) is 0 Å². The molecule has 0 N–H and O–H groups in total. The number of rotatable bonds is 2. The summed E-state index contributed by atoms with van der Waals surface area (Å²) in [4.78, 5) is 4.61. The highest BCUT2D eigenvalue weighted by molar-refractivity contribution is 5.89. The second-order valence-electron chi connectivity index (χ2n) is 9.43. The van der Waals surface area contributed by atoms with E-state index in [4.69, 9.17) is 0 Å². The summed E-state index contributed by atoms with van der Waals surface area (Å²) in [6.45, 7) is 19.3. The Morgan fingerprint density at radius 3 is 1.36 bits per heavy atom. The van der Waals surface area contributed by atoms with E-state index in [-0.39, 0.29) is 10.8 Å². The maximum atomic E-state index is 3.71. The highest BCUT2D eigenvalue weighted by Crippen LogP contribution is 2.43. The van der Waals surface area contributed by atoms with E-state index in [2.05, 4.69) is 107 Å². The summed E-state index contributed by atoms with van der Waals surface area (Å²) in [7, 11) is 0. The highest BCUT2D eigenvalue weighted by atomic mass is 15.3. The van der Waals surface area contributed by atoms with Crippen LogP contribution in [0.2, 0.25) is 0 Å². The van der Waals surface area contributed by atoms with Gasteiger partial charge in [-0.1, -0.05) is 77.9 Å². The first kappa shape index (κ1) is 17.8. The Kier molecular flexibility index (Phi) is 4.57. The molecule has 1 heterocycles. The minimum Gasteiger partial charge on any atom is -0.340 e. The van der Waals surface area contributed by atoms with Crippen LogP contribution in [-0.2, 0) is 0 Å². The molecule has 1 aliphatic heterocycles. The molecule has 0 fully saturated rings. The van der Waals surface area contributed by atoms with E-state index in [1.165, 1.54) is 22.5 Å². The number of nitrogens with zero attached hydrogens (tertiary/aromatic N) is 2. The van der Waals surface area contributed by atoms with Crippen molar-refractivity contribution in [2.75, 3.05) is 22.9 Å². The van der Waals surface area contributed by atoms with Gasteiger partial charge >= 0.3 is 0 Å². The van der Waals surface area contributed by atoms with Crippen LogP contribution in [0, 0.1) is 17.5 Å². The van der Waals surface area contributed by atoms with Gasteiger partial charge in [0.05, 0.1) is 0 Å². The molecule has 0 spiro atoms. The van der Waals surface area contributed by atoms with E-state index in [9.17, 15) is 0 Å². The largest absolute Gasteiger partial charge is 0.340 e. The van der Waals surface area contributed by atoms with Crippen LogP contribution in [0.25, 0.3) is 11.1 Å². The summed E-state index contributed by atoms with van der Waals surface area (Å²) < 4.78 is 0. The van der Waals surface area contributed by atoms with Gasteiger partial charge in [-0.2, -0.15) is 0 Å². The van der Waals surface area contributed by atoms with Crippen molar-refractivity contribution in [2.24, 2.45) is 10.8 Å². The summed E-state index contributed by atoms with van der Waals surface area (Å²) in [6.07, 6.45) is 0. The third-order valence-corrected chi connectivity index (χ3v) is 4.19. The van der Waals surface area contributed by atoms with Gasteiger partial charge in [0.1, 0.15) is 0 Å². The molecule has 0 aliphatic carbocycles. The summed E-state index contributed by atoms with van der Waals surface area (Å²) in [6, 6.07) is 17.4. The second-order valence-corrected chi connectivity index (χ2v) is 9.43. The van der Waals surface area contributed by atoms with Crippen LogP contribution in [-0.4, -0.2) is 13.1 Å². The lowest BCUT2D eigenvalue weighted by Crippen LogP contribution is -2.40. The number of fused-ring (bicyclic) bond motifs is 3. The molecule has 0 amide bonds. The van der Waals surface area contributed by atoms with Gasteiger partial charge in [0, 0.05) is 35.6 Å². The molecule has 0 unspecified atom stereocenters. The van der Waals surface area contributed by atoms with E-state index >= 15 is 0 Å². The third-order valence-electron chi connectivity index (χ3n) is 4.19. The second kappa shape index (κ2) is 6.40. The molecule has 1 aliphatic rings. The van der Waals surface area contributed by atoms with Gasteiger partial charge in [0.2, 0.25) is 6.67 Å². The van der Waals surface area contributed by atoms with Crippen LogP contribution >= 0.6 is 0 Å². The first-order valence-electron chi connectivity index (χ1n) is 9.14. The van der Waals surface area contributed by atoms with Gasteiger partial charge in [-0.15, -0.1) is 0 Å². The predicted octanol–water partition coefficient (Wildman–Crippen LogP) is 6.07. The van der Waals surface area contributed by atoms with Crippen molar-refractivity contribution in [3.8, 4) is 11.1 Å². The van der Waals surface area contributed by atoms with Crippen molar-refractivity contribution in [1.29, 1.82) is 0 Å². The van der Waals surface area contributed by atoms with Gasteiger partial charge in [0.25, 0.3) is 0 Å². The zero-order chi connectivity index (χ0) is 18.2. The fourth-order valence-electron chi connectivity index (χ4n) is 3.32. The molecule has 0 atom stereocenters. The Morgan fingerprint density at radius 1 is 0.640 bits per heavy atom. The third kappa shape index (κ3) is 4.18. The lowest BCUT2D eigenvalue weighted by atomic mass is 9.95. The van der Waals surface area contributed by atoms with Crippen LogP contribution < -0.4 is 9.80 Å². The van der Waals surface area contributed by atoms with Crippen molar-refractivity contribution in [3.63, 3.8) is 0 Å². The van der Waals surface area contributed by atoms with Gasteiger partial charge in [0.15, 0.2) is 0 Å². The topological polar surface area (TPSA) is 6.48 Å². The van der Waals surface area contributed by atoms with E-state index in [1.807, 2.05) is 0 Å². The van der Waals surface area contributed by atoms with E-state index in [0.717, 1.165) is 13.1 Å². The molecule has 132 valence electrons. The fourth-order valence-corrected chi connectivity index (χ4v) is 3.32. The fraction of sp³-hybridized carbons (Fsp3) is 0.435. The van der Waals surface area contributed by atoms with Crippen LogP contribution in [0.4, 0.5) is 11.4 Å². The minimum absolute atomic E-state index is 0.185. The molecule has 25 heavy (non-hydrogen) atoms. The molecule has 2 radical (unpaired) electrons. The number of benzene rings is 2. The average Bonchev–Trinajstić information content (AvgIpc) is 2.62. The monoisotopic (exact) mass is 334 g/mol. The van der Waals surface area contributed by atoms with Crippen LogP contribution in [0.15, 0.2) is 48.5 Å². The van der Waals surface area contributed by atoms with Crippen LogP contribution in [0.3, 0.4) is 0 Å². The number of anilines is 2. The summed E-state index contributed by atoms with van der Waals surface area (Å²) in [5, 5.41) is 0.